The fourth-order valence-electron chi connectivity index (χ4n) is 1.64. The first-order valence-electron chi connectivity index (χ1n) is 5.53. The average Bonchev–Trinajstić information content (AvgIpc) is 2.60. The topological polar surface area (TPSA) is 61.4 Å². The Morgan fingerprint density at radius 1 is 1.47 bits per heavy atom. The van der Waals surface area contributed by atoms with E-state index in [0.29, 0.717) is 19.5 Å². The van der Waals surface area contributed by atoms with Gasteiger partial charge in [-0.3, -0.25) is 4.79 Å². The van der Waals surface area contributed by atoms with Gasteiger partial charge in [-0.15, -0.1) is 0 Å². The number of hydrogen-bond donors (Lipinski definition) is 2. The molecule has 3 amide bonds. The van der Waals surface area contributed by atoms with E-state index in [1.807, 2.05) is 11.8 Å². The summed E-state index contributed by atoms with van der Waals surface area (Å²) < 4.78 is 0. The van der Waals surface area contributed by atoms with Crippen molar-refractivity contribution in [3.63, 3.8) is 0 Å². The molecule has 0 aromatic carbocycles. The molecular formula is C10H19N3O2. The molecule has 15 heavy (non-hydrogen) atoms. The van der Waals surface area contributed by atoms with E-state index in [4.69, 9.17) is 0 Å². The highest BCUT2D eigenvalue weighted by Crippen LogP contribution is 2.09. The Balaban J connectivity index is 2.01. The van der Waals surface area contributed by atoms with Gasteiger partial charge >= 0.3 is 6.03 Å². The molecule has 1 rings (SSSR count). The van der Waals surface area contributed by atoms with Crippen LogP contribution in [0, 0.1) is 0 Å². The summed E-state index contributed by atoms with van der Waals surface area (Å²) in [5.41, 5.74) is 0. The van der Waals surface area contributed by atoms with Gasteiger partial charge in [-0.2, -0.15) is 0 Å². The van der Waals surface area contributed by atoms with Crippen LogP contribution in [0.2, 0.25) is 0 Å². The minimum absolute atomic E-state index is 0.134. The van der Waals surface area contributed by atoms with E-state index in [1.54, 1.807) is 0 Å². The van der Waals surface area contributed by atoms with E-state index in [9.17, 15) is 9.59 Å². The van der Waals surface area contributed by atoms with Crippen molar-refractivity contribution >= 4 is 11.9 Å². The standard InChI is InChI=1S/C10H19N3O2/c1-2-11-10(15)12-6-4-8-13-7-3-5-9(13)14/h2-8H2,1H3,(H2,11,12,15). The first-order valence-corrected chi connectivity index (χ1v) is 5.53. The van der Waals surface area contributed by atoms with E-state index in [0.717, 1.165) is 25.9 Å². The van der Waals surface area contributed by atoms with E-state index < -0.39 is 0 Å². The van der Waals surface area contributed by atoms with E-state index in [-0.39, 0.29) is 11.9 Å². The second kappa shape index (κ2) is 6.27. The highest BCUT2D eigenvalue weighted by molar-refractivity contribution is 5.78. The van der Waals surface area contributed by atoms with Gasteiger partial charge in [0.1, 0.15) is 0 Å². The van der Waals surface area contributed by atoms with Crippen molar-refractivity contribution in [2.45, 2.75) is 26.2 Å². The van der Waals surface area contributed by atoms with Crippen LogP contribution in [0.5, 0.6) is 0 Å². The normalized spacial score (nSPS) is 15.5. The summed E-state index contributed by atoms with van der Waals surface area (Å²) >= 11 is 0. The average molecular weight is 213 g/mol. The van der Waals surface area contributed by atoms with Crippen molar-refractivity contribution < 1.29 is 9.59 Å². The third-order valence-corrected chi connectivity index (χ3v) is 2.40. The lowest BCUT2D eigenvalue weighted by Crippen LogP contribution is -2.37. The zero-order valence-electron chi connectivity index (χ0n) is 9.21. The van der Waals surface area contributed by atoms with Gasteiger partial charge in [0.2, 0.25) is 5.91 Å². The molecule has 0 bridgehead atoms. The predicted molar refractivity (Wildman–Crippen MR) is 57.5 cm³/mol. The van der Waals surface area contributed by atoms with Gasteiger partial charge in [0.05, 0.1) is 0 Å². The SMILES string of the molecule is CCNC(=O)NCCCN1CCCC1=O. The van der Waals surface area contributed by atoms with Crippen LogP contribution in [-0.2, 0) is 4.79 Å². The number of carbonyl (C=O) groups excluding carboxylic acids is 2. The van der Waals surface area contributed by atoms with Crippen LogP contribution in [0.25, 0.3) is 0 Å². The lowest BCUT2D eigenvalue weighted by molar-refractivity contribution is -0.127. The molecule has 0 aliphatic carbocycles. The van der Waals surface area contributed by atoms with E-state index in [2.05, 4.69) is 10.6 Å². The Hall–Kier alpha value is -1.26. The number of likely N-dealkylation sites (tertiary alicyclic amines) is 1. The van der Waals surface area contributed by atoms with E-state index in [1.165, 1.54) is 0 Å². The number of hydrogen-bond acceptors (Lipinski definition) is 2. The van der Waals surface area contributed by atoms with Crippen LogP contribution >= 0.6 is 0 Å². The molecule has 1 aliphatic rings. The van der Waals surface area contributed by atoms with Crippen LogP contribution in [0.4, 0.5) is 4.79 Å². The third kappa shape index (κ3) is 4.18. The summed E-state index contributed by atoms with van der Waals surface area (Å²) in [5.74, 6) is 0.244. The van der Waals surface area contributed by atoms with Crippen molar-refractivity contribution in [3.05, 3.63) is 0 Å². The molecule has 0 unspecified atom stereocenters. The van der Waals surface area contributed by atoms with Gasteiger partial charge in [-0.05, 0) is 19.8 Å². The zero-order valence-corrected chi connectivity index (χ0v) is 9.21. The summed E-state index contributed by atoms with van der Waals surface area (Å²) in [6, 6.07) is -0.134. The summed E-state index contributed by atoms with van der Waals surface area (Å²) in [6.45, 7) is 4.76. The van der Waals surface area contributed by atoms with Gasteiger partial charge in [0.15, 0.2) is 0 Å². The summed E-state index contributed by atoms with van der Waals surface area (Å²) in [5, 5.41) is 5.39. The number of nitrogens with one attached hydrogen (secondary N) is 2. The Morgan fingerprint density at radius 2 is 2.27 bits per heavy atom. The number of urea groups is 1. The summed E-state index contributed by atoms with van der Waals surface area (Å²) in [4.78, 5) is 24.1. The third-order valence-electron chi connectivity index (χ3n) is 2.40. The second-order valence-corrected chi connectivity index (χ2v) is 3.62. The number of rotatable bonds is 5. The van der Waals surface area contributed by atoms with Gasteiger partial charge in [0.25, 0.3) is 0 Å². The molecule has 2 N–H and O–H groups in total. The highest BCUT2D eigenvalue weighted by atomic mass is 16.2. The molecule has 1 aliphatic heterocycles. The quantitative estimate of drug-likeness (QED) is 0.646. The molecule has 0 spiro atoms. The first-order chi connectivity index (χ1) is 7.24. The van der Waals surface area contributed by atoms with Crippen LogP contribution < -0.4 is 10.6 Å². The molecule has 0 radical (unpaired) electrons. The maximum Gasteiger partial charge on any atom is 0.314 e. The molecule has 86 valence electrons. The lowest BCUT2D eigenvalue weighted by Gasteiger charge is -2.15. The fraction of sp³-hybridized carbons (Fsp3) is 0.800. The Labute approximate surface area is 90.2 Å². The molecule has 0 atom stereocenters. The van der Waals surface area contributed by atoms with Crippen molar-refractivity contribution in [2.75, 3.05) is 26.2 Å². The molecule has 1 fully saturated rings. The fourth-order valence-corrected chi connectivity index (χ4v) is 1.64. The number of carbonyl (C=O) groups is 2. The van der Waals surface area contributed by atoms with Crippen LogP contribution in [-0.4, -0.2) is 43.0 Å². The maximum atomic E-state index is 11.2. The molecule has 1 heterocycles. The summed E-state index contributed by atoms with van der Waals surface area (Å²) in [7, 11) is 0. The van der Waals surface area contributed by atoms with Gasteiger partial charge in [-0.25, -0.2) is 4.79 Å². The molecular weight excluding hydrogens is 194 g/mol. The highest BCUT2D eigenvalue weighted by Gasteiger charge is 2.18. The Bertz CT molecular complexity index is 231. The number of nitrogens with zero attached hydrogens (tertiary/aromatic N) is 1. The van der Waals surface area contributed by atoms with Crippen molar-refractivity contribution in [1.29, 1.82) is 0 Å². The van der Waals surface area contributed by atoms with Gasteiger partial charge in [0, 0.05) is 32.6 Å². The minimum atomic E-state index is -0.134. The summed E-state index contributed by atoms with van der Waals surface area (Å²) in [6.07, 6.45) is 2.48. The van der Waals surface area contributed by atoms with E-state index >= 15 is 0 Å². The van der Waals surface area contributed by atoms with Crippen molar-refractivity contribution in [2.24, 2.45) is 0 Å². The molecule has 0 aromatic rings. The van der Waals surface area contributed by atoms with Gasteiger partial charge < -0.3 is 15.5 Å². The molecule has 5 heteroatoms. The lowest BCUT2D eigenvalue weighted by atomic mass is 10.4. The molecule has 5 nitrogen and oxygen atoms in total. The Kier molecular flexibility index (Phi) is 4.93. The molecule has 1 saturated heterocycles. The van der Waals surface area contributed by atoms with Crippen LogP contribution in [0.15, 0.2) is 0 Å². The minimum Gasteiger partial charge on any atom is -0.343 e. The van der Waals surface area contributed by atoms with Crippen molar-refractivity contribution in [3.8, 4) is 0 Å². The van der Waals surface area contributed by atoms with Gasteiger partial charge in [-0.1, -0.05) is 0 Å². The van der Waals surface area contributed by atoms with Crippen molar-refractivity contribution in [1.82, 2.24) is 15.5 Å². The van der Waals surface area contributed by atoms with Crippen LogP contribution in [0.1, 0.15) is 26.2 Å². The predicted octanol–water partition coefficient (Wildman–Crippen LogP) is 0.318. The molecule has 0 saturated carbocycles. The molecule has 0 aromatic heterocycles. The maximum absolute atomic E-state index is 11.2. The second-order valence-electron chi connectivity index (χ2n) is 3.62. The van der Waals surface area contributed by atoms with Crippen LogP contribution in [0.3, 0.4) is 0 Å². The number of amides is 3. The first kappa shape index (κ1) is 11.8. The zero-order chi connectivity index (χ0) is 11.1. The smallest absolute Gasteiger partial charge is 0.314 e. The Morgan fingerprint density at radius 3 is 2.87 bits per heavy atom. The largest absolute Gasteiger partial charge is 0.343 e. The monoisotopic (exact) mass is 213 g/mol.